The van der Waals surface area contributed by atoms with Crippen LogP contribution in [0.1, 0.15) is 33.6 Å². The van der Waals surface area contributed by atoms with E-state index in [9.17, 15) is 0 Å². The molecule has 0 unspecified atom stereocenters. The third kappa shape index (κ3) is 24.6. The monoisotopic (exact) mass is 229 g/mol. The van der Waals surface area contributed by atoms with Crippen LogP contribution in [0.25, 0.3) is 5.32 Å². The summed E-state index contributed by atoms with van der Waals surface area (Å²) in [6.07, 6.45) is 3.42. The molecular formula is C8H18NORb. The van der Waals surface area contributed by atoms with Crippen LogP contribution in [0.3, 0.4) is 0 Å². The molecule has 2 nitrogen and oxygen atoms in total. The molecular weight excluding hydrogens is 212 g/mol. The predicted octanol–water partition coefficient (Wildman–Crippen LogP) is -0.611. The molecule has 1 rings (SSSR count). The molecule has 11 heavy (non-hydrogen) atoms. The van der Waals surface area contributed by atoms with Crippen molar-refractivity contribution in [1.82, 2.24) is 0 Å². The number of carbonyl (C=O) groups is 1. The molecule has 3 heteroatoms. The third-order valence-electron chi connectivity index (χ3n) is 0.882. The van der Waals surface area contributed by atoms with Gasteiger partial charge < -0.3 is 10.1 Å². The van der Waals surface area contributed by atoms with E-state index in [0.29, 0.717) is 0 Å². The minimum atomic E-state index is 0. The summed E-state index contributed by atoms with van der Waals surface area (Å²) in [4.78, 5) is 8.81. The maximum atomic E-state index is 8.81. The molecule has 0 atom stereocenters. The summed E-state index contributed by atoms with van der Waals surface area (Å²) in [6, 6.07) is 0. The zero-order chi connectivity index (χ0) is 8.24. The maximum Gasteiger partial charge on any atom is 1.00 e. The van der Waals surface area contributed by atoms with Gasteiger partial charge in [-0.2, -0.15) is 0 Å². The molecule has 1 saturated heterocycles. The van der Waals surface area contributed by atoms with E-state index < -0.39 is 0 Å². The first kappa shape index (κ1) is 18.3. The van der Waals surface area contributed by atoms with Crippen LogP contribution < -0.4 is 58.2 Å². The van der Waals surface area contributed by atoms with Crippen LogP contribution in [0.2, 0.25) is 0 Å². The van der Waals surface area contributed by atoms with E-state index >= 15 is 0 Å². The van der Waals surface area contributed by atoms with Crippen LogP contribution >= 0.6 is 0 Å². The fourth-order valence-electron chi connectivity index (χ4n) is 0.559. The fraction of sp³-hybridized carbons (Fsp3) is 0.875. The van der Waals surface area contributed by atoms with Crippen molar-refractivity contribution in [2.75, 3.05) is 13.1 Å². The van der Waals surface area contributed by atoms with Gasteiger partial charge in [-0.3, -0.25) is 0 Å². The minimum absolute atomic E-state index is 0. The Kier molecular flexibility index (Phi) is 37.4. The van der Waals surface area contributed by atoms with E-state index in [1.165, 1.54) is 19.8 Å². The Morgan fingerprint density at radius 2 is 1.45 bits per heavy atom. The molecule has 0 radical (unpaired) electrons. The van der Waals surface area contributed by atoms with Crippen molar-refractivity contribution in [3.8, 4) is 0 Å². The van der Waals surface area contributed by atoms with Crippen molar-refractivity contribution >= 4 is 6.29 Å². The molecule has 0 aromatic heterocycles. The molecule has 62 valence electrons. The average Bonchev–Trinajstić information content (AvgIpc) is 2.48. The smallest absolute Gasteiger partial charge is 0.662 e. The summed E-state index contributed by atoms with van der Waals surface area (Å²) in [5.74, 6) is 0. The Morgan fingerprint density at radius 1 is 1.18 bits per heavy atom. The van der Waals surface area contributed by atoms with Gasteiger partial charge in [-0.05, 0) is 6.92 Å². The van der Waals surface area contributed by atoms with Gasteiger partial charge >= 0.3 is 58.2 Å². The Morgan fingerprint density at radius 3 is 1.55 bits per heavy atom. The second kappa shape index (κ2) is 22.5. The second-order valence-corrected chi connectivity index (χ2v) is 1.61. The molecule has 0 spiro atoms. The number of nitrogens with zero attached hydrogens (tertiary/aromatic N) is 1. The zero-order valence-corrected chi connectivity index (χ0v) is 13.2. The first-order valence-electron chi connectivity index (χ1n) is 3.95. The summed E-state index contributed by atoms with van der Waals surface area (Å²) >= 11 is 0. The summed E-state index contributed by atoms with van der Waals surface area (Å²) < 4.78 is 0. The summed E-state index contributed by atoms with van der Waals surface area (Å²) in [6.45, 7) is 7.69. The molecule has 0 aliphatic carbocycles. The van der Waals surface area contributed by atoms with Gasteiger partial charge in [0.1, 0.15) is 6.29 Å². The Balaban J connectivity index is -0.0000000956. The quantitative estimate of drug-likeness (QED) is 0.510. The fourth-order valence-corrected chi connectivity index (χ4v) is 0.559. The van der Waals surface area contributed by atoms with Gasteiger partial charge in [0.15, 0.2) is 0 Å². The molecule has 0 bridgehead atoms. The van der Waals surface area contributed by atoms with Crippen LogP contribution in [0.15, 0.2) is 0 Å². The molecule has 1 aliphatic heterocycles. The SMILES string of the molecule is C1CC[N-]C1.CC.CC=O.[Rb+]. The first-order valence-corrected chi connectivity index (χ1v) is 3.95. The first-order chi connectivity index (χ1) is 4.91. The normalized spacial score (nSPS) is 12.6. The minimum Gasteiger partial charge on any atom is -0.662 e. The second-order valence-electron chi connectivity index (χ2n) is 1.61. The van der Waals surface area contributed by atoms with E-state index in [4.69, 9.17) is 4.79 Å². The van der Waals surface area contributed by atoms with Crippen molar-refractivity contribution in [1.29, 1.82) is 0 Å². The van der Waals surface area contributed by atoms with Gasteiger partial charge in [0.05, 0.1) is 0 Å². The van der Waals surface area contributed by atoms with Crippen molar-refractivity contribution < 1.29 is 63.0 Å². The van der Waals surface area contributed by atoms with E-state index in [1.54, 1.807) is 0 Å². The molecule has 0 aromatic rings. The maximum absolute atomic E-state index is 8.81. The standard InChI is InChI=1S/C4H8N.C2H4O.C2H6.Rb/c1-2-4-5-3-1;1-2-3;1-2;/h1-4H2;2H,1H3;1-2H3;/q-1;;;+1. The van der Waals surface area contributed by atoms with Gasteiger partial charge in [0, 0.05) is 0 Å². The topological polar surface area (TPSA) is 31.2 Å². The van der Waals surface area contributed by atoms with Crippen LogP contribution in [0.5, 0.6) is 0 Å². The van der Waals surface area contributed by atoms with E-state index in [2.05, 4.69) is 5.32 Å². The molecule has 1 fully saturated rings. The van der Waals surface area contributed by atoms with Gasteiger partial charge in [0.25, 0.3) is 0 Å². The Hall–Kier alpha value is 1.44. The van der Waals surface area contributed by atoms with E-state index in [1.807, 2.05) is 13.8 Å². The average molecular weight is 230 g/mol. The van der Waals surface area contributed by atoms with Crippen molar-refractivity contribution in [3.05, 3.63) is 5.32 Å². The molecule has 1 aliphatic rings. The van der Waals surface area contributed by atoms with Gasteiger partial charge in [-0.1, -0.05) is 26.7 Å². The number of aldehydes is 1. The number of hydrogen-bond acceptors (Lipinski definition) is 1. The summed E-state index contributed by atoms with van der Waals surface area (Å²) in [5.41, 5.74) is 0. The Bertz CT molecular complexity index is 48.4. The zero-order valence-electron chi connectivity index (χ0n) is 8.26. The largest absolute Gasteiger partial charge is 1.00 e. The number of rotatable bonds is 0. The molecule has 0 aromatic carbocycles. The van der Waals surface area contributed by atoms with Crippen LogP contribution in [-0.4, -0.2) is 19.4 Å². The Labute approximate surface area is 119 Å². The molecule has 1 heterocycles. The summed E-state index contributed by atoms with van der Waals surface area (Å²) in [5, 5.41) is 4.08. The van der Waals surface area contributed by atoms with Crippen LogP contribution in [-0.2, 0) is 4.79 Å². The number of carbonyl (C=O) groups excluding carboxylic acids is 1. The van der Waals surface area contributed by atoms with Crippen molar-refractivity contribution in [2.45, 2.75) is 33.6 Å². The van der Waals surface area contributed by atoms with Crippen molar-refractivity contribution in [3.63, 3.8) is 0 Å². The molecule has 0 saturated carbocycles. The van der Waals surface area contributed by atoms with Gasteiger partial charge in [0.2, 0.25) is 0 Å². The molecule has 0 amide bonds. The van der Waals surface area contributed by atoms with Crippen LogP contribution in [0, 0.1) is 0 Å². The van der Waals surface area contributed by atoms with Crippen LogP contribution in [0.4, 0.5) is 0 Å². The van der Waals surface area contributed by atoms with E-state index in [-0.39, 0.29) is 58.2 Å². The molecule has 0 N–H and O–H groups in total. The predicted molar refractivity (Wildman–Crippen MR) is 45.4 cm³/mol. The number of hydrogen-bond donors (Lipinski definition) is 0. The third-order valence-corrected chi connectivity index (χ3v) is 0.882. The van der Waals surface area contributed by atoms with Crippen molar-refractivity contribution in [2.24, 2.45) is 0 Å². The van der Waals surface area contributed by atoms with E-state index in [0.717, 1.165) is 19.4 Å². The van der Waals surface area contributed by atoms with Gasteiger partial charge in [-0.15, -0.1) is 13.1 Å². The van der Waals surface area contributed by atoms with Gasteiger partial charge in [-0.25, -0.2) is 0 Å². The summed E-state index contributed by atoms with van der Waals surface area (Å²) in [7, 11) is 0.